The number of anilines is 1. The molecule has 1 aromatic carbocycles. The highest BCUT2D eigenvalue weighted by molar-refractivity contribution is 5.99. The Morgan fingerprint density at radius 1 is 1.48 bits per heavy atom. The fourth-order valence-corrected chi connectivity index (χ4v) is 2.96. The molecule has 3 N–H and O–H groups in total. The average Bonchev–Trinajstić information content (AvgIpc) is 2.77. The molecule has 23 heavy (non-hydrogen) atoms. The summed E-state index contributed by atoms with van der Waals surface area (Å²) in [6.07, 6.45) is 3.87. The summed E-state index contributed by atoms with van der Waals surface area (Å²) in [6.45, 7) is 1.38. The zero-order chi connectivity index (χ0) is 16.6. The van der Waals surface area contributed by atoms with Gasteiger partial charge in [-0.25, -0.2) is 4.39 Å². The molecule has 0 saturated heterocycles. The minimum atomic E-state index is -0.648. The van der Waals surface area contributed by atoms with Crippen LogP contribution in [0.3, 0.4) is 0 Å². The molecule has 1 heterocycles. The van der Waals surface area contributed by atoms with Crippen molar-refractivity contribution in [2.75, 3.05) is 5.73 Å². The average molecular weight is 318 g/mol. The molecule has 0 aliphatic heterocycles. The van der Waals surface area contributed by atoms with Crippen molar-refractivity contribution in [2.45, 2.75) is 38.6 Å². The number of carbonyl (C=O) groups excluding carboxylic acids is 2. The third-order valence-corrected chi connectivity index (χ3v) is 4.35. The highest BCUT2D eigenvalue weighted by atomic mass is 19.1. The molecule has 1 saturated carbocycles. The molecule has 0 bridgehead atoms. The zero-order valence-corrected chi connectivity index (χ0v) is 12.9. The van der Waals surface area contributed by atoms with Gasteiger partial charge in [0.25, 0.3) is 5.91 Å². The summed E-state index contributed by atoms with van der Waals surface area (Å²) < 4.78 is 14.5. The van der Waals surface area contributed by atoms with Gasteiger partial charge >= 0.3 is 0 Å². The van der Waals surface area contributed by atoms with Gasteiger partial charge in [0.15, 0.2) is 5.82 Å². The summed E-state index contributed by atoms with van der Waals surface area (Å²) in [6, 6.07) is 3.33. The van der Waals surface area contributed by atoms with E-state index in [9.17, 15) is 14.0 Å². The summed E-state index contributed by atoms with van der Waals surface area (Å²) in [5, 5.41) is 7.13. The Hall–Kier alpha value is -2.44. The molecule has 1 atom stereocenters. The number of halogens is 1. The topological polar surface area (TPSA) is 90.0 Å². The van der Waals surface area contributed by atoms with E-state index >= 15 is 0 Å². The predicted octanol–water partition coefficient (Wildman–Crippen LogP) is 2.09. The molecule has 0 spiro atoms. The molecular weight excluding hydrogens is 299 g/mol. The van der Waals surface area contributed by atoms with Gasteiger partial charge in [-0.15, -0.1) is 5.10 Å². The van der Waals surface area contributed by atoms with Crippen LogP contribution in [-0.2, 0) is 4.79 Å². The van der Waals surface area contributed by atoms with Gasteiger partial charge in [0.1, 0.15) is 11.9 Å². The Kier molecular flexibility index (Phi) is 4.02. The van der Waals surface area contributed by atoms with Crippen molar-refractivity contribution in [2.24, 2.45) is 5.92 Å². The van der Waals surface area contributed by atoms with Crippen molar-refractivity contribution >= 4 is 28.5 Å². The van der Waals surface area contributed by atoms with Gasteiger partial charge in [0.05, 0.1) is 5.52 Å². The Labute approximate surface area is 132 Å². The van der Waals surface area contributed by atoms with E-state index in [1.807, 2.05) is 0 Å². The number of aromatic nitrogens is 2. The highest BCUT2D eigenvalue weighted by Crippen LogP contribution is 2.31. The van der Waals surface area contributed by atoms with Crippen molar-refractivity contribution in [1.29, 1.82) is 0 Å². The van der Waals surface area contributed by atoms with E-state index in [2.05, 4.69) is 10.4 Å². The molecule has 122 valence electrons. The summed E-state index contributed by atoms with van der Waals surface area (Å²) in [5.74, 6) is -0.520. The van der Waals surface area contributed by atoms with Crippen LogP contribution in [0, 0.1) is 11.7 Å². The Bertz CT molecular complexity index is 767. The van der Waals surface area contributed by atoms with Crippen LogP contribution in [0.1, 0.15) is 37.4 Å². The van der Waals surface area contributed by atoms with Crippen LogP contribution in [0.4, 0.5) is 10.2 Å². The minimum absolute atomic E-state index is 0.0954. The van der Waals surface area contributed by atoms with Gasteiger partial charge in [0, 0.05) is 12.3 Å². The standard InChI is InChI=1S/C16H19FN4O2/c1-9(22)19-13(7-10-3-2-4-10)16(23)21-14-6-5-11(17)8-12(14)15(18)20-21/h5-6,8,10,13H,2-4,7H2,1H3,(H2,18,20)(H,19,22)/t13-/m1/s1. The van der Waals surface area contributed by atoms with Crippen molar-refractivity contribution in [3.05, 3.63) is 24.0 Å². The first kappa shape index (κ1) is 15.5. The van der Waals surface area contributed by atoms with E-state index in [1.165, 1.54) is 29.8 Å². The van der Waals surface area contributed by atoms with Gasteiger partial charge < -0.3 is 11.1 Å². The normalized spacial score (nSPS) is 16.1. The predicted molar refractivity (Wildman–Crippen MR) is 84.3 cm³/mol. The molecular formula is C16H19FN4O2. The van der Waals surface area contributed by atoms with E-state index in [-0.39, 0.29) is 17.6 Å². The number of hydrogen-bond donors (Lipinski definition) is 2. The highest BCUT2D eigenvalue weighted by Gasteiger charge is 2.29. The van der Waals surface area contributed by atoms with E-state index in [1.54, 1.807) is 0 Å². The first-order chi connectivity index (χ1) is 11.0. The summed E-state index contributed by atoms with van der Waals surface area (Å²) in [4.78, 5) is 24.2. The van der Waals surface area contributed by atoms with E-state index in [0.29, 0.717) is 23.2 Å². The number of rotatable bonds is 4. The van der Waals surface area contributed by atoms with E-state index in [0.717, 1.165) is 19.3 Å². The number of nitrogens with two attached hydrogens (primary N) is 1. The second-order valence-electron chi connectivity index (χ2n) is 6.08. The molecule has 3 rings (SSSR count). The number of benzene rings is 1. The lowest BCUT2D eigenvalue weighted by molar-refractivity contribution is -0.119. The van der Waals surface area contributed by atoms with Crippen LogP contribution >= 0.6 is 0 Å². The van der Waals surface area contributed by atoms with Crippen LogP contribution < -0.4 is 11.1 Å². The third-order valence-electron chi connectivity index (χ3n) is 4.35. The number of fused-ring (bicyclic) bond motifs is 1. The Balaban J connectivity index is 1.94. The maximum absolute atomic E-state index is 13.3. The molecule has 7 heteroatoms. The van der Waals surface area contributed by atoms with Crippen LogP contribution in [0.2, 0.25) is 0 Å². The quantitative estimate of drug-likeness (QED) is 0.903. The fraction of sp³-hybridized carbons (Fsp3) is 0.438. The molecule has 6 nitrogen and oxygen atoms in total. The SMILES string of the molecule is CC(=O)N[C@H](CC1CCC1)C(=O)n1nc(N)c2cc(F)ccc21. The molecule has 1 aromatic heterocycles. The van der Waals surface area contributed by atoms with Gasteiger partial charge in [-0.05, 0) is 30.5 Å². The minimum Gasteiger partial charge on any atom is -0.382 e. The molecule has 1 amide bonds. The third kappa shape index (κ3) is 3.04. The van der Waals surface area contributed by atoms with E-state index < -0.39 is 11.9 Å². The molecule has 0 unspecified atom stereocenters. The van der Waals surface area contributed by atoms with Crippen molar-refractivity contribution in [3.8, 4) is 0 Å². The van der Waals surface area contributed by atoms with Crippen LogP contribution in [0.5, 0.6) is 0 Å². The van der Waals surface area contributed by atoms with Crippen molar-refractivity contribution < 1.29 is 14.0 Å². The lowest BCUT2D eigenvalue weighted by Crippen LogP contribution is -2.44. The lowest BCUT2D eigenvalue weighted by atomic mass is 9.80. The second-order valence-corrected chi connectivity index (χ2v) is 6.08. The molecule has 1 fully saturated rings. The van der Waals surface area contributed by atoms with Gasteiger partial charge in [-0.1, -0.05) is 19.3 Å². The molecule has 1 aliphatic rings. The lowest BCUT2D eigenvalue weighted by Gasteiger charge is -2.29. The smallest absolute Gasteiger partial charge is 0.270 e. The summed E-state index contributed by atoms with van der Waals surface area (Å²) in [7, 11) is 0. The number of hydrogen-bond acceptors (Lipinski definition) is 4. The first-order valence-electron chi connectivity index (χ1n) is 7.71. The van der Waals surface area contributed by atoms with Gasteiger partial charge in [-0.2, -0.15) is 4.68 Å². The summed E-state index contributed by atoms with van der Waals surface area (Å²) >= 11 is 0. The number of nitrogens with zero attached hydrogens (tertiary/aromatic N) is 2. The molecule has 0 radical (unpaired) electrons. The van der Waals surface area contributed by atoms with Gasteiger partial charge in [-0.3, -0.25) is 9.59 Å². The largest absolute Gasteiger partial charge is 0.382 e. The molecule has 2 aromatic rings. The van der Waals surface area contributed by atoms with E-state index in [4.69, 9.17) is 5.73 Å². The first-order valence-corrected chi connectivity index (χ1v) is 7.71. The number of nitrogen functional groups attached to an aromatic ring is 1. The maximum atomic E-state index is 13.3. The fourth-order valence-electron chi connectivity index (χ4n) is 2.96. The maximum Gasteiger partial charge on any atom is 0.270 e. The second kappa shape index (κ2) is 5.98. The van der Waals surface area contributed by atoms with Crippen LogP contribution in [-0.4, -0.2) is 27.6 Å². The Morgan fingerprint density at radius 3 is 2.83 bits per heavy atom. The summed E-state index contributed by atoms with van der Waals surface area (Å²) in [5.41, 5.74) is 6.23. The van der Waals surface area contributed by atoms with Crippen LogP contribution in [0.25, 0.3) is 10.9 Å². The van der Waals surface area contributed by atoms with Crippen LogP contribution in [0.15, 0.2) is 18.2 Å². The number of carbonyl (C=O) groups is 2. The number of nitrogens with one attached hydrogen (secondary N) is 1. The van der Waals surface area contributed by atoms with Crippen molar-refractivity contribution in [3.63, 3.8) is 0 Å². The monoisotopic (exact) mass is 318 g/mol. The van der Waals surface area contributed by atoms with Crippen molar-refractivity contribution in [1.82, 2.24) is 15.1 Å². The number of amides is 1. The van der Waals surface area contributed by atoms with Gasteiger partial charge in [0.2, 0.25) is 5.91 Å². The molecule has 1 aliphatic carbocycles. The zero-order valence-electron chi connectivity index (χ0n) is 12.9. The Morgan fingerprint density at radius 2 is 2.22 bits per heavy atom.